The number of carbonyl (C=O) groups is 1. The molecule has 2 heterocycles. The van der Waals surface area contributed by atoms with E-state index in [1.807, 2.05) is 4.90 Å². The summed E-state index contributed by atoms with van der Waals surface area (Å²) in [6.07, 6.45) is 3.19. The van der Waals surface area contributed by atoms with Crippen LogP contribution < -0.4 is 0 Å². The molecule has 86 valence electrons. The van der Waals surface area contributed by atoms with Gasteiger partial charge in [-0.1, -0.05) is 6.92 Å². The fourth-order valence-electron chi connectivity index (χ4n) is 2.54. The zero-order chi connectivity index (χ0) is 10.8. The van der Waals surface area contributed by atoms with Gasteiger partial charge in [0.1, 0.15) is 0 Å². The van der Waals surface area contributed by atoms with Crippen molar-refractivity contribution in [3.63, 3.8) is 0 Å². The number of hydrogen-bond donors (Lipinski definition) is 0. The van der Waals surface area contributed by atoms with Gasteiger partial charge in [-0.05, 0) is 44.8 Å². The van der Waals surface area contributed by atoms with E-state index in [0.717, 1.165) is 38.5 Å². The van der Waals surface area contributed by atoms with Crippen molar-refractivity contribution >= 4 is 5.91 Å². The quantitative estimate of drug-likeness (QED) is 0.683. The van der Waals surface area contributed by atoms with E-state index in [2.05, 4.69) is 18.9 Å². The van der Waals surface area contributed by atoms with Crippen LogP contribution in [-0.2, 0) is 4.79 Å². The molecule has 0 unspecified atom stereocenters. The van der Waals surface area contributed by atoms with Gasteiger partial charge in [-0.15, -0.1) is 0 Å². The Morgan fingerprint density at radius 3 is 2.40 bits per heavy atom. The summed E-state index contributed by atoms with van der Waals surface area (Å²) < 4.78 is 0. The second kappa shape index (κ2) is 4.52. The zero-order valence-electron chi connectivity index (χ0n) is 9.91. The molecule has 0 aromatic carbocycles. The van der Waals surface area contributed by atoms with Gasteiger partial charge < -0.3 is 9.80 Å². The largest absolute Gasteiger partial charge is 0.342 e. The maximum absolute atomic E-state index is 11.8. The molecule has 0 saturated carbocycles. The molecule has 1 amide bonds. The van der Waals surface area contributed by atoms with E-state index < -0.39 is 0 Å². The van der Waals surface area contributed by atoms with Crippen LogP contribution in [0.15, 0.2) is 0 Å². The van der Waals surface area contributed by atoms with Crippen molar-refractivity contribution in [2.45, 2.75) is 26.2 Å². The van der Waals surface area contributed by atoms with Gasteiger partial charge in [0, 0.05) is 19.5 Å². The molecule has 2 fully saturated rings. The van der Waals surface area contributed by atoms with Gasteiger partial charge in [-0.25, -0.2) is 0 Å². The van der Waals surface area contributed by atoms with Crippen LogP contribution in [0, 0.1) is 11.8 Å². The lowest BCUT2D eigenvalue weighted by Crippen LogP contribution is -2.49. The summed E-state index contributed by atoms with van der Waals surface area (Å²) in [5.74, 6) is 1.76. The highest BCUT2D eigenvalue weighted by Gasteiger charge is 2.29. The van der Waals surface area contributed by atoms with E-state index in [1.165, 1.54) is 12.8 Å². The van der Waals surface area contributed by atoms with Crippen LogP contribution in [0.4, 0.5) is 0 Å². The van der Waals surface area contributed by atoms with Gasteiger partial charge >= 0.3 is 0 Å². The molecule has 2 aliphatic heterocycles. The van der Waals surface area contributed by atoms with E-state index in [0.29, 0.717) is 11.8 Å². The minimum absolute atomic E-state index is 0.391. The third-order valence-electron chi connectivity index (χ3n) is 3.72. The molecule has 3 nitrogen and oxygen atoms in total. The van der Waals surface area contributed by atoms with Crippen LogP contribution in [0.1, 0.15) is 26.2 Å². The number of rotatable bonds is 2. The van der Waals surface area contributed by atoms with Crippen molar-refractivity contribution in [3.05, 3.63) is 0 Å². The highest BCUT2D eigenvalue weighted by molar-refractivity contribution is 5.77. The van der Waals surface area contributed by atoms with Gasteiger partial charge in [0.2, 0.25) is 5.91 Å². The molecule has 0 N–H and O–H groups in total. The molecule has 2 aliphatic rings. The Bertz CT molecular complexity index is 228. The smallest absolute Gasteiger partial charge is 0.222 e. The SMILES string of the molecule is CC1CN(C(=O)CC2CCN(C)CC2)C1. The summed E-state index contributed by atoms with van der Waals surface area (Å²) in [5, 5.41) is 0. The summed E-state index contributed by atoms with van der Waals surface area (Å²) in [7, 11) is 2.16. The van der Waals surface area contributed by atoms with Crippen molar-refractivity contribution in [1.82, 2.24) is 9.80 Å². The number of likely N-dealkylation sites (tertiary alicyclic amines) is 2. The fraction of sp³-hybridized carbons (Fsp3) is 0.917. The fourth-order valence-corrected chi connectivity index (χ4v) is 2.54. The maximum atomic E-state index is 11.8. The average Bonchev–Trinajstić information content (AvgIpc) is 2.17. The van der Waals surface area contributed by atoms with Crippen LogP contribution >= 0.6 is 0 Å². The third-order valence-corrected chi connectivity index (χ3v) is 3.72. The van der Waals surface area contributed by atoms with Crippen LogP contribution in [0.3, 0.4) is 0 Å². The zero-order valence-corrected chi connectivity index (χ0v) is 9.91. The predicted molar refractivity (Wildman–Crippen MR) is 60.6 cm³/mol. The topological polar surface area (TPSA) is 23.6 Å². The Balaban J connectivity index is 1.70. The van der Waals surface area contributed by atoms with E-state index in [1.54, 1.807) is 0 Å². The summed E-state index contributed by atoms with van der Waals surface area (Å²) in [6.45, 7) is 6.51. The number of amides is 1. The molecular weight excluding hydrogens is 188 g/mol. The summed E-state index contributed by atoms with van der Waals surface area (Å²) in [5.41, 5.74) is 0. The maximum Gasteiger partial charge on any atom is 0.222 e. The molecule has 0 spiro atoms. The second-order valence-electron chi connectivity index (χ2n) is 5.35. The van der Waals surface area contributed by atoms with Crippen molar-refractivity contribution < 1.29 is 4.79 Å². The molecular formula is C12H22N2O. The van der Waals surface area contributed by atoms with Gasteiger partial charge in [-0.3, -0.25) is 4.79 Å². The predicted octanol–water partition coefficient (Wildman–Crippen LogP) is 1.20. The number of piperidine rings is 1. The normalized spacial score (nSPS) is 25.3. The second-order valence-corrected chi connectivity index (χ2v) is 5.35. The molecule has 0 aliphatic carbocycles. The van der Waals surface area contributed by atoms with E-state index in [-0.39, 0.29) is 0 Å². The van der Waals surface area contributed by atoms with Crippen LogP contribution in [0.5, 0.6) is 0 Å². The average molecular weight is 210 g/mol. The van der Waals surface area contributed by atoms with Crippen molar-refractivity contribution in [1.29, 1.82) is 0 Å². The number of nitrogens with zero attached hydrogens (tertiary/aromatic N) is 2. The van der Waals surface area contributed by atoms with E-state index in [4.69, 9.17) is 0 Å². The third kappa shape index (κ3) is 2.71. The first-order valence-electron chi connectivity index (χ1n) is 6.11. The highest BCUT2D eigenvalue weighted by atomic mass is 16.2. The first-order valence-corrected chi connectivity index (χ1v) is 6.11. The molecule has 0 aromatic rings. The summed E-state index contributed by atoms with van der Waals surface area (Å²) in [6, 6.07) is 0. The van der Waals surface area contributed by atoms with E-state index >= 15 is 0 Å². The summed E-state index contributed by atoms with van der Waals surface area (Å²) >= 11 is 0. The molecule has 2 rings (SSSR count). The molecule has 0 bridgehead atoms. The first-order chi connectivity index (χ1) is 7.15. The Labute approximate surface area is 92.4 Å². The van der Waals surface area contributed by atoms with Crippen molar-refractivity contribution in [2.24, 2.45) is 11.8 Å². The van der Waals surface area contributed by atoms with Crippen molar-refractivity contribution in [3.8, 4) is 0 Å². The van der Waals surface area contributed by atoms with Crippen LogP contribution in [0.25, 0.3) is 0 Å². The Morgan fingerprint density at radius 2 is 1.87 bits per heavy atom. The van der Waals surface area contributed by atoms with Gasteiger partial charge in [0.15, 0.2) is 0 Å². The standard InChI is InChI=1S/C12H22N2O/c1-10-8-14(9-10)12(15)7-11-3-5-13(2)6-4-11/h10-11H,3-9H2,1-2H3. The Hall–Kier alpha value is -0.570. The Kier molecular flexibility index (Phi) is 3.29. The monoisotopic (exact) mass is 210 g/mol. The lowest BCUT2D eigenvalue weighted by Gasteiger charge is -2.38. The molecule has 15 heavy (non-hydrogen) atoms. The molecule has 2 saturated heterocycles. The Morgan fingerprint density at radius 1 is 1.27 bits per heavy atom. The van der Waals surface area contributed by atoms with Crippen LogP contribution in [0.2, 0.25) is 0 Å². The van der Waals surface area contributed by atoms with E-state index in [9.17, 15) is 4.79 Å². The molecule has 0 radical (unpaired) electrons. The lowest BCUT2D eigenvalue weighted by molar-refractivity contribution is -0.138. The first kappa shape index (κ1) is 10.9. The molecule has 0 aromatic heterocycles. The summed E-state index contributed by atoms with van der Waals surface area (Å²) in [4.78, 5) is 16.2. The minimum atomic E-state index is 0.391. The van der Waals surface area contributed by atoms with Crippen LogP contribution in [-0.4, -0.2) is 48.9 Å². The minimum Gasteiger partial charge on any atom is -0.342 e. The van der Waals surface area contributed by atoms with Gasteiger partial charge in [0.05, 0.1) is 0 Å². The number of hydrogen-bond acceptors (Lipinski definition) is 2. The molecule has 3 heteroatoms. The lowest BCUT2D eigenvalue weighted by atomic mass is 9.92. The highest BCUT2D eigenvalue weighted by Crippen LogP contribution is 2.23. The van der Waals surface area contributed by atoms with Gasteiger partial charge in [-0.2, -0.15) is 0 Å². The number of carbonyl (C=O) groups excluding carboxylic acids is 1. The van der Waals surface area contributed by atoms with Gasteiger partial charge in [0.25, 0.3) is 0 Å². The molecule has 0 atom stereocenters. The van der Waals surface area contributed by atoms with Crippen molar-refractivity contribution in [2.75, 3.05) is 33.2 Å².